The van der Waals surface area contributed by atoms with Crippen LogP contribution in [0.25, 0.3) is 0 Å². The van der Waals surface area contributed by atoms with Crippen LogP contribution in [0, 0.1) is 0 Å². The summed E-state index contributed by atoms with van der Waals surface area (Å²) in [4.78, 5) is 24.9. The topological polar surface area (TPSA) is 133 Å². The molecule has 160 valence electrons. The third-order valence-electron chi connectivity index (χ3n) is 4.84. The van der Waals surface area contributed by atoms with E-state index >= 15 is 0 Å². The molecule has 31 heavy (non-hydrogen) atoms. The van der Waals surface area contributed by atoms with E-state index in [1.54, 1.807) is 12.1 Å². The fourth-order valence-electron chi connectivity index (χ4n) is 3.19. The number of nitrogens with two attached hydrogens (primary N) is 1. The molecule has 0 aliphatic carbocycles. The monoisotopic (exact) mass is 422 g/mol. The van der Waals surface area contributed by atoms with Crippen LogP contribution in [0.2, 0.25) is 0 Å². The predicted octanol–water partition coefficient (Wildman–Crippen LogP) is 1.72. The molecule has 0 spiro atoms. The van der Waals surface area contributed by atoms with Crippen molar-refractivity contribution in [3.63, 3.8) is 0 Å². The van der Waals surface area contributed by atoms with E-state index in [0.29, 0.717) is 11.5 Å². The summed E-state index contributed by atoms with van der Waals surface area (Å²) in [5.41, 5.74) is 8.55. The van der Waals surface area contributed by atoms with Gasteiger partial charge in [-0.2, -0.15) is 0 Å². The van der Waals surface area contributed by atoms with Crippen LogP contribution in [0.4, 0.5) is 11.5 Å². The molecule has 1 aliphatic heterocycles. The van der Waals surface area contributed by atoms with Crippen molar-refractivity contribution in [2.75, 3.05) is 17.8 Å². The van der Waals surface area contributed by atoms with Gasteiger partial charge in [-0.15, -0.1) is 5.10 Å². The van der Waals surface area contributed by atoms with Crippen LogP contribution in [-0.4, -0.2) is 33.6 Å². The van der Waals surface area contributed by atoms with Crippen molar-refractivity contribution in [3.05, 3.63) is 59.3 Å². The first-order valence-corrected chi connectivity index (χ1v) is 9.78. The quantitative estimate of drug-likeness (QED) is 0.528. The number of para-hydroxylation sites is 1. The number of nitrogens with zero attached hydrogens (tertiary/aromatic N) is 3. The lowest BCUT2D eigenvalue weighted by molar-refractivity contribution is -0.116. The molecular weight excluding hydrogens is 400 g/mol. The molecule has 2 aromatic carbocycles. The molecule has 0 fully saturated rings. The molecule has 10 nitrogen and oxygen atoms in total. The highest BCUT2D eigenvalue weighted by Gasteiger charge is 2.20. The Kier molecular flexibility index (Phi) is 5.69. The van der Waals surface area contributed by atoms with Gasteiger partial charge in [0.1, 0.15) is 6.54 Å². The Morgan fingerprint density at radius 3 is 2.81 bits per heavy atom. The molecule has 2 heterocycles. The Hall–Kier alpha value is -4.08. The number of fused-ring (bicyclic) bond motifs is 1. The van der Waals surface area contributed by atoms with Crippen LogP contribution < -0.4 is 25.8 Å². The number of nitrogens with one attached hydrogen (secondary N) is 2. The Morgan fingerprint density at radius 1 is 1.16 bits per heavy atom. The number of rotatable bonds is 7. The molecule has 10 heteroatoms. The fraction of sp³-hybridized carbons (Fsp3) is 0.238. The molecule has 1 aromatic heterocycles. The minimum atomic E-state index is -0.488. The number of hydrogen-bond donors (Lipinski definition) is 3. The molecule has 4 rings (SSSR count). The molecule has 0 saturated heterocycles. The van der Waals surface area contributed by atoms with E-state index in [9.17, 15) is 9.59 Å². The fourth-order valence-corrected chi connectivity index (χ4v) is 3.19. The number of carbonyl (C=O) groups is 2. The van der Waals surface area contributed by atoms with Gasteiger partial charge in [-0.05, 0) is 35.7 Å². The molecule has 0 radical (unpaired) electrons. The Balaban J connectivity index is 1.37. The lowest BCUT2D eigenvalue weighted by Crippen LogP contribution is -2.25. The molecule has 0 saturated carbocycles. The first-order valence-electron chi connectivity index (χ1n) is 9.78. The van der Waals surface area contributed by atoms with E-state index in [1.165, 1.54) is 4.68 Å². The van der Waals surface area contributed by atoms with E-state index < -0.39 is 5.91 Å². The minimum Gasteiger partial charge on any atom is -0.454 e. The second-order valence-electron chi connectivity index (χ2n) is 6.91. The maximum absolute atomic E-state index is 12.5. The lowest BCUT2D eigenvalue weighted by Gasteiger charge is -2.10. The van der Waals surface area contributed by atoms with Gasteiger partial charge >= 0.3 is 0 Å². The Bertz CT molecular complexity index is 1130. The summed E-state index contributed by atoms with van der Waals surface area (Å²) in [5, 5.41) is 13.3. The molecule has 0 unspecified atom stereocenters. The minimum absolute atomic E-state index is 0.0158. The smallest absolute Gasteiger partial charge is 0.275 e. The molecular formula is C21H22N6O4. The third-order valence-corrected chi connectivity index (χ3v) is 4.84. The van der Waals surface area contributed by atoms with Gasteiger partial charge in [0.05, 0.1) is 0 Å². The number of ether oxygens (including phenoxy) is 2. The number of amides is 2. The van der Waals surface area contributed by atoms with Crippen LogP contribution in [0.5, 0.6) is 11.5 Å². The molecule has 0 atom stereocenters. The average Bonchev–Trinajstić information content (AvgIpc) is 3.38. The number of aryl methyl sites for hydroxylation is 1. The van der Waals surface area contributed by atoms with Gasteiger partial charge in [-0.25, -0.2) is 4.68 Å². The van der Waals surface area contributed by atoms with Gasteiger partial charge < -0.3 is 25.8 Å². The van der Waals surface area contributed by atoms with Crippen molar-refractivity contribution in [1.82, 2.24) is 20.3 Å². The Morgan fingerprint density at radius 2 is 1.97 bits per heavy atom. The molecule has 3 aromatic rings. The van der Waals surface area contributed by atoms with Gasteiger partial charge in [0.2, 0.25) is 12.7 Å². The van der Waals surface area contributed by atoms with Gasteiger partial charge in [0, 0.05) is 12.2 Å². The maximum Gasteiger partial charge on any atom is 0.275 e. The van der Waals surface area contributed by atoms with Crippen LogP contribution >= 0.6 is 0 Å². The second-order valence-corrected chi connectivity index (χ2v) is 6.91. The zero-order chi connectivity index (χ0) is 21.8. The van der Waals surface area contributed by atoms with Crippen molar-refractivity contribution in [2.24, 2.45) is 0 Å². The summed E-state index contributed by atoms with van der Waals surface area (Å²) in [6.45, 7) is 2.28. The van der Waals surface area contributed by atoms with Crippen LogP contribution in [-0.2, 0) is 24.3 Å². The summed E-state index contributed by atoms with van der Waals surface area (Å²) in [5.74, 6) is 0.514. The van der Waals surface area contributed by atoms with Crippen LogP contribution in [0.15, 0.2) is 42.5 Å². The van der Waals surface area contributed by atoms with Crippen molar-refractivity contribution in [2.45, 2.75) is 26.4 Å². The van der Waals surface area contributed by atoms with E-state index in [4.69, 9.17) is 15.2 Å². The Labute approximate surface area is 178 Å². The third kappa shape index (κ3) is 4.42. The standard InChI is InChI=1S/C21H22N6O4/c1-2-14-5-3-4-6-15(14)24-18(28)11-27-20(22)19(25-26-27)21(29)23-10-13-7-8-16-17(9-13)31-12-30-16/h3-9H,2,10-12,22H2,1H3,(H,23,29)(H,24,28). The number of benzene rings is 2. The number of aromatic nitrogens is 3. The van der Waals surface area contributed by atoms with Gasteiger partial charge in [0.25, 0.3) is 5.91 Å². The van der Waals surface area contributed by atoms with Gasteiger partial charge in [0.15, 0.2) is 23.0 Å². The SMILES string of the molecule is CCc1ccccc1NC(=O)Cn1nnc(C(=O)NCc2ccc3c(c2)OCO3)c1N. The van der Waals surface area contributed by atoms with E-state index in [1.807, 2.05) is 37.3 Å². The lowest BCUT2D eigenvalue weighted by atomic mass is 10.1. The largest absolute Gasteiger partial charge is 0.454 e. The predicted molar refractivity (Wildman–Crippen MR) is 113 cm³/mol. The summed E-state index contributed by atoms with van der Waals surface area (Å²) in [6, 6.07) is 12.9. The van der Waals surface area contributed by atoms with E-state index in [-0.39, 0.29) is 37.3 Å². The number of carbonyl (C=O) groups excluding carboxylic acids is 2. The normalized spacial score (nSPS) is 11.9. The van der Waals surface area contributed by atoms with Crippen molar-refractivity contribution in [1.29, 1.82) is 0 Å². The number of hydrogen-bond acceptors (Lipinski definition) is 7. The number of nitrogen functional groups attached to an aromatic ring is 1. The number of anilines is 2. The van der Waals surface area contributed by atoms with Crippen LogP contribution in [0.3, 0.4) is 0 Å². The summed E-state index contributed by atoms with van der Waals surface area (Å²) in [7, 11) is 0. The maximum atomic E-state index is 12.5. The van der Waals surface area contributed by atoms with Gasteiger partial charge in [-0.3, -0.25) is 9.59 Å². The summed E-state index contributed by atoms with van der Waals surface area (Å²) in [6.07, 6.45) is 0.787. The zero-order valence-electron chi connectivity index (χ0n) is 16.9. The first-order chi connectivity index (χ1) is 15.0. The molecule has 4 N–H and O–H groups in total. The van der Waals surface area contributed by atoms with E-state index in [0.717, 1.165) is 23.2 Å². The van der Waals surface area contributed by atoms with Crippen molar-refractivity contribution >= 4 is 23.3 Å². The van der Waals surface area contributed by atoms with Gasteiger partial charge in [-0.1, -0.05) is 36.4 Å². The first kappa shape index (κ1) is 20.2. The molecule has 0 bridgehead atoms. The molecule has 1 aliphatic rings. The van der Waals surface area contributed by atoms with E-state index in [2.05, 4.69) is 20.9 Å². The van der Waals surface area contributed by atoms with Crippen molar-refractivity contribution in [3.8, 4) is 11.5 Å². The summed E-state index contributed by atoms with van der Waals surface area (Å²) < 4.78 is 11.8. The summed E-state index contributed by atoms with van der Waals surface area (Å²) >= 11 is 0. The average molecular weight is 422 g/mol. The highest BCUT2D eigenvalue weighted by atomic mass is 16.7. The highest BCUT2D eigenvalue weighted by molar-refractivity contribution is 5.97. The highest BCUT2D eigenvalue weighted by Crippen LogP contribution is 2.32. The van der Waals surface area contributed by atoms with Crippen molar-refractivity contribution < 1.29 is 19.1 Å². The van der Waals surface area contributed by atoms with Crippen LogP contribution in [0.1, 0.15) is 28.5 Å². The molecule has 2 amide bonds. The zero-order valence-corrected chi connectivity index (χ0v) is 16.9. The second kappa shape index (κ2) is 8.74.